The van der Waals surface area contributed by atoms with Crippen LogP contribution in [-0.2, 0) is 20.7 Å². The average Bonchev–Trinajstić information content (AvgIpc) is 2.89. The van der Waals surface area contributed by atoms with E-state index in [2.05, 4.69) is 50.4 Å². The van der Waals surface area contributed by atoms with E-state index in [1.54, 1.807) is 12.1 Å². The summed E-state index contributed by atoms with van der Waals surface area (Å²) in [4.78, 5) is 41.7. The van der Waals surface area contributed by atoms with Crippen molar-refractivity contribution in [3.05, 3.63) is 64.1 Å². The molecule has 206 valence electrons. The molecule has 0 radical (unpaired) electrons. The number of hydrogen-bond donors (Lipinski definition) is 2. The number of nitrogens with two attached hydrogens (primary N) is 1. The number of rotatable bonds is 12. The number of anilines is 1. The third kappa shape index (κ3) is 8.04. The van der Waals surface area contributed by atoms with E-state index in [1.165, 1.54) is 23.1 Å². The monoisotopic (exact) mass is 586 g/mol. The van der Waals surface area contributed by atoms with Crippen LogP contribution in [0.5, 0.6) is 0 Å². The molecule has 2 atom stereocenters. The topological polar surface area (TPSA) is 105 Å². The lowest BCUT2D eigenvalue weighted by Gasteiger charge is -2.38. The van der Waals surface area contributed by atoms with Crippen LogP contribution in [0.4, 0.5) is 10.5 Å². The number of amides is 3. The van der Waals surface area contributed by atoms with Gasteiger partial charge in [-0.1, -0.05) is 40.2 Å². The number of carbonyl (C=O) groups is 3. The summed E-state index contributed by atoms with van der Waals surface area (Å²) in [6.45, 7) is 5.00. The number of fused-ring (bicyclic) bond motifs is 1. The Balaban J connectivity index is 1.89. The molecule has 0 saturated carbocycles. The molecular weight excluding hydrogens is 548 g/mol. The molecule has 0 heterocycles. The highest BCUT2D eigenvalue weighted by atomic mass is 79.9. The Labute approximate surface area is 234 Å². The summed E-state index contributed by atoms with van der Waals surface area (Å²) in [5, 5.41) is 2.97. The van der Waals surface area contributed by atoms with Gasteiger partial charge in [-0.25, -0.2) is 4.79 Å². The maximum atomic E-state index is 13.4. The average molecular weight is 588 g/mol. The van der Waals surface area contributed by atoms with E-state index >= 15 is 0 Å². The van der Waals surface area contributed by atoms with Gasteiger partial charge in [-0.05, 0) is 87.9 Å². The summed E-state index contributed by atoms with van der Waals surface area (Å²) < 4.78 is 5.71. The van der Waals surface area contributed by atoms with Crippen molar-refractivity contribution in [1.82, 2.24) is 10.2 Å². The van der Waals surface area contributed by atoms with E-state index in [9.17, 15) is 14.4 Å². The van der Waals surface area contributed by atoms with Gasteiger partial charge in [-0.2, -0.15) is 0 Å². The molecule has 0 fully saturated rings. The Kier molecular flexibility index (Phi) is 11.2. The molecule has 2 aromatic carbocycles. The number of carbonyl (C=O) groups excluding carboxylic acids is 3. The van der Waals surface area contributed by atoms with E-state index < -0.39 is 12.1 Å². The molecule has 9 heteroatoms. The molecule has 0 spiro atoms. The van der Waals surface area contributed by atoms with Crippen molar-refractivity contribution in [1.29, 1.82) is 0 Å². The number of halogens is 1. The molecule has 0 bridgehead atoms. The Bertz CT molecular complexity index is 1090. The Morgan fingerprint density at radius 3 is 2.47 bits per heavy atom. The molecule has 2 aromatic rings. The van der Waals surface area contributed by atoms with Gasteiger partial charge in [0.15, 0.2) is 0 Å². The SMILES string of the molecule is COC(=O)CCCN(CC[C@@H](C(=O)NC(C)C)N(C(N)=O)c1ccc(Br)cc1)C1CCCc2ccccc21. The van der Waals surface area contributed by atoms with Crippen LogP contribution < -0.4 is 16.0 Å². The number of methoxy groups -OCH3 is 1. The summed E-state index contributed by atoms with van der Waals surface area (Å²) in [7, 11) is 1.40. The minimum Gasteiger partial charge on any atom is -0.469 e. The molecular formula is C29H39BrN4O4. The second-order valence-corrected chi connectivity index (χ2v) is 10.9. The zero-order valence-corrected chi connectivity index (χ0v) is 24.1. The quantitative estimate of drug-likeness (QED) is 0.342. The maximum absolute atomic E-state index is 13.4. The van der Waals surface area contributed by atoms with E-state index in [-0.39, 0.29) is 24.0 Å². The van der Waals surface area contributed by atoms with Gasteiger partial charge in [0.1, 0.15) is 6.04 Å². The molecule has 1 aliphatic carbocycles. The third-order valence-corrected chi connectivity index (χ3v) is 7.44. The predicted octanol–water partition coefficient (Wildman–Crippen LogP) is 4.95. The Morgan fingerprint density at radius 2 is 1.82 bits per heavy atom. The van der Waals surface area contributed by atoms with Gasteiger partial charge in [0, 0.05) is 35.2 Å². The number of ether oxygens (including phenoxy) is 1. The van der Waals surface area contributed by atoms with Crippen molar-refractivity contribution in [2.75, 3.05) is 25.1 Å². The number of aryl methyl sites for hydroxylation is 1. The minimum absolute atomic E-state index is 0.0916. The van der Waals surface area contributed by atoms with Crippen LogP contribution in [0.25, 0.3) is 0 Å². The fraction of sp³-hybridized carbons (Fsp3) is 0.483. The summed E-state index contributed by atoms with van der Waals surface area (Å²) in [5.74, 6) is -0.487. The van der Waals surface area contributed by atoms with Gasteiger partial charge < -0.3 is 15.8 Å². The van der Waals surface area contributed by atoms with Crippen molar-refractivity contribution >= 4 is 39.5 Å². The van der Waals surface area contributed by atoms with Crippen LogP contribution in [0, 0.1) is 0 Å². The molecule has 0 aromatic heterocycles. The largest absolute Gasteiger partial charge is 0.469 e. The molecule has 8 nitrogen and oxygen atoms in total. The van der Waals surface area contributed by atoms with Crippen LogP contribution in [0.15, 0.2) is 53.0 Å². The van der Waals surface area contributed by atoms with Crippen LogP contribution in [0.1, 0.15) is 63.1 Å². The standard InChI is InChI=1S/C29H39BrN4O4/c1-20(2)32-28(36)26(34(29(31)37)23-15-13-22(30)14-16-23)17-19-33(18-7-12-27(35)38-3)25-11-6-9-21-8-4-5-10-24(21)25/h4-5,8,10,13-16,20,25-26H,6-7,9,11-12,17-19H2,1-3H3,(H2,31,37)(H,32,36)/t25?,26-/m0/s1. The predicted molar refractivity (Wildman–Crippen MR) is 153 cm³/mol. The lowest BCUT2D eigenvalue weighted by atomic mass is 9.86. The van der Waals surface area contributed by atoms with Crippen LogP contribution in [0.3, 0.4) is 0 Å². The molecule has 3 rings (SSSR count). The van der Waals surface area contributed by atoms with Crippen LogP contribution in [-0.4, -0.2) is 55.1 Å². The highest BCUT2D eigenvalue weighted by Gasteiger charge is 2.33. The van der Waals surface area contributed by atoms with Gasteiger partial charge in [0.25, 0.3) is 0 Å². The number of nitrogens with zero attached hydrogens (tertiary/aromatic N) is 2. The summed E-state index contributed by atoms with van der Waals surface area (Å²) >= 11 is 3.42. The number of benzene rings is 2. The molecule has 38 heavy (non-hydrogen) atoms. The zero-order valence-electron chi connectivity index (χ0n) is 22.5. The number of urea groups is 1. The van der Waals surface area contributed by atoms with Crippen LogP contribution in [0.2, 0.25) is 0 Å². The Morgan fingerprint density at radius 1 is 1.11 bits per heavy atom. The van der Waals surface area contributed by atoms with E-state index in [0.717, 1.165) is 23.7 Å². The lowest BCUT2D eigenvalue weighted by molar-refractivity contribution is -0.140. The second kappa shape index (κ2) is 14.3. The van der Waals surface area contributed by atoms with Crippen molar-refractivity contribution in [2.45, 2.75) is 70.5 Å². The second-order valence-electron chi connectivity index (χ2n) is 9.97. The van der Waals surface area contributed by atoms with Gasteiger partial charge in [0.05, 0.1) is 7.11 Å². The zero-order chi connectivity index (χ0) is 27.7. The number of esters is 1. The molecule has 1 unspecified atom stereocenters. The maximum Gasteiger partial charge on any atom is 0.320 e. The summed E-state index contributed by atoms with van der Waals surface area (Å²) in [6.07, 6.45) is 4.45. The summed E-state index contributed by atoms with van der Waals surface area (Å²) in [5.41, 5.74) is 9.04. The number of primary amides is 1. The summed E-state index contributed by atoms with van der Waals surface area (Å²) in [6, 6.07) is 14.3. The molecule has 3 N–H and O–H groups in total. The van der Waals surface area contributed by atoms with Crippen molar-refractivity contribution in [3.63, 3.8) is 0 Å². The molecule has 3 amide bonds. The lowest BCUT2D eigenvalue weighted by Crippen LogP contribution is -2.54. The first-order chi connectivity index (χ1) is 18.2. The van der Waals surface area contributed by atoms with E-state index in [4.69, 9.17) is 10.5 Å². The number of nitrogens with one attached hydrogen (secondary N) is 1. The number of hydrogen-bond acceptors (Lipinski definition) is 5. The van der Waals surface area contributed by atoms with Crippen molar-refractivity contribution in [2.24, 2.45) is 5.73 Å². The first-order valence-corrected chi connectivity index (χ1v) is 14.0. The molecule has 1 aliphatic rings. The van der Waals surface area contributed by atoms with Gasteiger partial charge in [0.2, 0.25) is 5.91 Å². The fourth-order valence-corrected chi connectivity index (χ4v) is 5.43. The smallest absolute Gasteiger partial charge is 0.320 e. The third-order valence-electron chi connectivity index (χ3n) is 6.91. The Hall–Kier alpha value is -2.91. The first-order valence-electron chi connectivity index (χ1n) is 13.2. The molecule has 0 saturated heterocycles. The van der Waals surface area contributed by atoms with E-state index in [1.807, 2.05) is 26.0 Å². The van der Waals surface area contributed by atoms with Crippen LogP contribution >= 0.6 is 15.9 Å². The fourth-order valence-electron chi connectivity index (χ4n) is 5.17. The van der Waals surface area contributed by atoms with Gasteiger partial charge in [-0.3, -0.25) is 19.4 Å². The highest BCUT2D eigenvalue weighted by Crippen LogP contribution is 2.35. The normalized spacial score (nSPS) is 15.6. The van der Waals surface area contributed by atoms with E-state index in [0.29, 0.717) is 38.0 Å². The van der Waals surface area contributed by atoms with Crippen molar-refractivity contribution in [3.8, 4) is 0 Å². The van der Waals surface area contributed by atoms with Gasteiger partial charge >= 0.3 is 12.0 Å². The first kappa shape index (κ1) is 29.6. The highest BCUT2D eigenvalue weighted by molar-refractivity contribution is 9.10. The molecule has 0 aliphatic heterocycles. The van der Waals surface area contributed by atoms with Crippen molar-refractivity contribution < 1.29 is 19.1 Å². The van der Waals surface area contributed by atoms with Gasteiger partial charge in [-0.15, -0.1) is 0 Å². The minimum atomic E-state index is -0.794.